The van der Waals surface area contributed by atoms with E-state index in [1.165, 1.54) is 11.3 Å². The maximum Gasteiger partial charge on any atom is 0.232 e. The first kappa shape index (κ1) is 23.9. The summed E-state index contributed by atoms with van der Waals surface area (Å²) in [6, 6.07) is 19.1. The summed E-state index contributed by atoms with van der Waals surface area (Å²) in [7, 11) is 0. The Morgan fingerprint density at radius 2 is 1.58 bits per heavy atom. The molecule has 1 aromatic carbocycles. The quantitative estimate of drug-likeness (QED) is 0.352. The predicted octanol–water partition coefficient (Wildman–Crippen LogP) is 3.99. The van der Waals surface area contributed by atoms with Crippen LogP contribution in [-0.2, 0) is 35.3 Å². The summed E-state index contributed by atoms with van der Waals surface area (Å²) >= 11 is 1.44. The van der Waals surface area contributed by atoms with Crippen LogP contribution in [0.15, 0.2) is 66.9 Å². The average Bonchev–Trinajstić information content (AvgIpc) is 3.31. The molecule has 1 fully saturated rings. The van der Waals surface area contributed by atoms with Crippen molar-refractivity contribution in [3.63, 3.8) is 0 Å². The molecule has 3 heterocycles. The minimum Gasteiger partial charge on any atom is -0.300 e. The van der Waals surface area contributed by atoms with E-state index in [2.05, 4.69) is 30.7 Å². The SMILES string of the molecule is O=C(Cc1ccccc1)Cc1ccc(CC2CC(c3nnc(NC(=O)Cc4ccccn4)s3)C2)nn1. The van der Waals surface area contributed by atoms with E-state index < -0.39 is 0 Å². The van der Waals surface area contributed by atoms with E-state index in [9.17, 15) is 9.59 Å². The largest absolute Gasteiger partial charge is 0.300 e. The number of benzene rings is 1. The van der Waals surface area contributed by atoms with Crippen molar-refractivity contribution < 1.29 is 9.59 Å². The van der Waals surface area contributed by atoms with Crippen molar-refractivity contribution in [2.45, 2.75) is 44.4 Å². The Kier molecular flexibility index (Phi) is 7.47. The van der Waals surface area contributed by atoms with Crippen molar-refractivity contribution in [2.75, 3.05) is 5.32 Å². The summed E-state index contributed by atoms with van der Waals surface area (Å²) in [5.74, 6) is 0.860. The van der Waals surface area contributed by atoms with Crippen molar-refractivity contribution in [1.82, 2.24) is 25.4 Å². The highest BCUT2D eigenvalue weighted by Gasteiger charge is 2.33. The number of rotatable bonds is 10. The lowest BCUT2D eigenvalue weighted by Gasteiger charge is -2.33. The minimum atomic E-state index is -0.147. The zero-order valence-corrected chi connectivity index (χ0v) is 20.5. The van der Waals surface area contributed by atoms with E-state index in [-0.39, 0.29) is 18.1 Å². The molecule has 0 saturated heterocycles. The minimum absolute atomic E-state index is 0.134. The van der Waals surface area contributed by atoms with E-state index in [0.717, 1.165) is 41.2 Å². The molecule has 5 rings (SSSR count). The molecule has 1 N–H and O–H groups in total. The molecule has 8 nitrogen and oxygen atoms in total. The lowest BCUT2D eigenvalue weighted by Crippen LogP contribution is -2.24. The van der Waals surface area contributed by atoms with Crippen LogP contribution in [0.4, 0.5) is 5.13 Å². The normalized spacial score (nSPS) is 16.8. The van der Waals surface area contributed by atoms with Gasteiger partial charge >= 0.3 is 0 Å². The molecule has 0 unspecified atom stereocenters. The number of Topliss-reactive ketones (excluding diaryl/α,β-unsaturated/α-hetero) is 1. The van der Waals surface area contributed by atoms with Gasteiger partial charge in [0.15, 0.2) is 0 Å². The number of anilines is 1. The molecule has 4 aromatic rings. The summed E-state index contributed by atoms with van der Waals surface area (Å²) in [5, 5.41) is 21.3. The first-order valence-corrected chi connectivity index (χ1v) is 12.8. The fraction of sp³-hybridized carbons (Fsp3) is 0.296. The molecule has 0 spiro atoms. The van der Waals surface area contributed by atoms with Gasteiger partial charge in [-0.25, -0.2) is 0 Å². The number of aromatic nitrogens is 5. The molecule has 0 bridgehead atoms. The van der Waals surface area contributed by atoms with Gasteiger partial charge in [-0.2, -0.15) is 10.2 Å². The number of carbonyl (C=O) groups is 2. The van der Waals surface area contributed by atoms with Crippen LogP contribution in [0.3, 0.4) is 0 Å². The zero-order chi connectivity index (χ0) is 24.7. The number of hydrogen-bond acceptors (Lipinski definition) is 8. The monoisotopic (exact) mass is 498 g/mol. The fourth-order valence-electron chi connectivity index (χ4n) is 4.36. The molecule has 182 valence electrons. The van der Waals surface area contributed by atoms with Crippen molar-refractivity contribution in [1.29, 1.82) is 0 Å². The van der Waals surface area contributed by atoms with Crippen molar-refractivity contribution in [3.05, 3.63) is 94.5 Å². The highest BCUT2D eigenvalue weighted by atomic mass is 32.1. The maximum atomic E-state index is 12.3. The number of ketones is 1. The van der Waals surface area contributed by atoms with Crippen molar-refractivity contribution in [3.8, 4) is 0 Å². The highest BCUT2D eigenvalue weighted by molar-refractivity contribution is 7.15. The van der Waals surface area contributed by atoms with E-state index in [4.69, 9.17) is 0 Å². The molecule has 36 heavy (non-hydrogen) atoms. The van der Waals surface area contributed by atoms with Gasteiger partial charge in [0.05, 0.1) is 24.2 Å². The van der Waals surface area contributed by atoms with Crippen LogP contribution in [0.25, 0.3) is 0 Å². The molecule has 9 heteroatoms. The maximum absolute atomic E-state index is 12.3. The highest BCUT2D eigenvalue weighted by Crippen LogP contribution is 2.44. The predicted molar refractivity (Wildman–Crippen MR) is 137 cm³/mol. The summed E-state index contributed by atoms with van der Waals surface area (Å²) in [6.45, 7) is 0. The molecule has 1 saturated carbocycles. The third kappa shape index (κ3) is 6.42. The zero-order valence-electron chi connectivity index (χ0n) is 19.7. The number of pyridine rings is 1. The summed E-state index contributed by atoms with van der Waals surface area (Å²) < 4.78 is 0. The molecule has 0 radical (unpaired) electrons. The molecule has 0 aliphatic heterocycles. The fourth-order valence-corrected chi connectivity index (χ4v) is 5.24. The van der Waals surface area contributed by atoms with Crippen LogP contribution in [-0.4, -0.2) is 37.1 Å². The third-order valence-electron chi connectivity index (χ3n) is 6.23. The van der Waals surface area contributed by atoms with Crippen molar-refractivity contribution in [2.24, 2.45) is 5.92 Å². The number of nitrogens with zero attached hydrogens (tertiary/aromatic N) is 5. The third-order valence-corrected chi connectivity index (χ3v) is 7.24. The molecule has 3 aromatic heterocycles. The summed E-state index contributed by atoms with van der Waals surface area (Å²) in [6.07, 6.45) is 5.47. The van der Waals surface area contributed by atoms with E-state index in [1.54, 1.807) is 6.20 Å². The summed E-state index contributed by atoms with van der Waals surface area (Å²) in [5.41, 5.74) is 3.38. The van der Waals surface area contributed by atoms with Crippen LogP contribution in [0.2, 0.25) is 0 Å². The first-order valence-electron chi connectivity index (χ1n) is 12.0. The lowest BCUT2D eigenvalue weighted by atomic mass is 9.73. The van der Waals surface area contributed by atoms with Gasteiger partial charge in [-0.3, -0.25) is 14.6 Å². The summed E-state index contributed by atoms with van der Waals surface area (Å²) in [4.78, 5) is 28.7. The van der Waals surface area contributed by atoms with Crippen LogP contribution < -0.4 is 5.32 Å². The second kappa shape index (κ2) is 11.3. The Balaban J connectivity index is 1.05. The van der Waals surface area contributed by atoms with E-state index in [1.807, 2.05) is 60.7 Å². The van der Waals surface area contributed by atoms with Gasteiger partial charge in [-0.05, 0) is 55.0 Å². The van der Waals surface area contributed by atoms with Gasteiger partial charge in [0.25, 0.3) is 0 Å². The molecule has 0 atom stereocenters. The number of amides is 1. The molecule has 1 aliphatic carbocycles. The second-order valence-electron chi connectivity index (χ2n) is 9.12. The van der Waals surface area contributed by atoms with Gasteiger partial charge in [-0.15, -0.1) is 10.2 Å². The van der Waals surface area contributed by atoms with Crippen molar-refractivity contribution >= 4 is 28.2 Å². The Hall–Kier alpha value is -3.85. The van der Waals surface area contributed by atoms with Crippen LogP contribution >= 0.6 is 11.3 Å². The molecular weight excluding hydrogens is 472 g/mol. The van der Waals surface area contributed by atoms with Crippen LogP contribution in [0, 0.1) is 5.92 Å². The van der Waals surface area contributed by atoms with E-state index in [0.29, 0.717) is 35.5 Å². The lowest BCUT2D eigenvalue weighted by molar-refractivity contribution is -0.118. The van der Waals surface area contributed by atoms with E-state index >= 15 is 0 Å². The number of nitrogens with one attached hydrogen (secondary N) is 1. The Morgan fingerprint density at radius 3 is 2.33 bits per heavy atom. The van der Waals surface area contributed by atoms with Gasteiger partial charge in [-0.1, -0.05) is 47.7 Å². The van der Waals surface area contributed by atoms with Crippen LogP contribution in [0.1, 0.15) is 46.4 Å². The topological polar surface area (TPSA) is 111 Å². The second-order valence-corrected chi connectivity index (χ2v) is 10.1. The van der Waals surface area contributed by atoms with Gasteiger partial charge in [0.2, 0.25) is 11.0 Å². The Morgan fingerprint density at radius 1 is 0.806 bits per heavy atom. The molecule has 1 aliphatic rings. The van der Waals surface area contributed by atoms with Gasteiger partial charge in [0, 0.05) is 24.2 Å². The Labute approximate surface area is 213 Å². The molecular formula is C27H26N6O2S. The number of hydrogen-bond donors (Lipinski definition) is 1. The van der Waals surface area contributed by atoms with Gasteiger partial charge in [0.1, 0.15) is 10.8 Å². The van der Waals surface area contributed by atoms with Crippen LogP contribution in [0.5, 0.6) is 0 Å². The standard InChI is InChI=1S/C27H26N6O2S/c34-24(15-18-6-2-1-3-7-18)16-23-10-9-22(30-31-23)14-19-12-20(13-19)26-32-33-27(36-26)29-25(35)17-21-8-4-5-11-28-21/h1-11,19-20H,12-17H2,(H,29,33,35). The Bertz CT molecular complexity index is 1310. The molecule has 1 amide bonds. The number of carbonyl (C=O) groups excluding carboxylic acids is 2. The van der Waals surface area contributed by atoms with Gasteiger partial charge < -0.3 is 5.32 Å². The smallest absolute Gasteiger partial charge is 0.232 e. The first-order chi connectivity index (χ1) is 17.6. The average molecular weight is 499 g/mol.